The van der Waals surface area contributed by atoms with E-state index in [1.54, 1.807) is 0 Å². The molecule has 100 valence electrons. The Morgan fingerprint density at radius 2 is 2.00 bits per heavy atom. The highest BCUT2D eigenvalue weighted by Gasteiger charge is 2.03. The number of hydrogen-bond acceptors (Lipinski definition) is 2. The van der Waals surface area contributed by atoms with Gasteiger partial charge in [-0.15, -0.1) is 0 Å². The molecule has 0 bridgehead atoms. The molecule has 0 heterocycles. The summed E-state index contributed by atoms with van der Waals surface area (Å²) in [6.45, 7) is 9.74. The van der Waals surface area contributed by atoms with Crippen molar-refractivity contribution >= 4 is 5.91 Å². The molecule has 0 saturated carbocycles. The van der Waals surface area contributed by atoms with Crippen LogP contribution in [-0.2, 0) is 11.3 Å². The summed E-state index contributed by atoms with van der Waals surface area (Å²) in [7, 11) is 0. The van der Waals surface area contributed by atoms with Crippen LogP contribution < -0.4 is 10.6 Å². The van der Waals surface area contributed by atoms with Crippen molar-refractivity contribution in [3.8, 4) is 0 Å². The first-order chi connectivity index (χ1) is 8.50. The molecule has 2 N–H and O–H groups in total. The zero-order valence-electron chi connectivity index (χ0n) is 11.8. The molecule has 18 heavy (non-hydrogen) atoms. The maximum Gasteiger partial charge on any atom is 0.221 e. The molecule has 0 atom stereocenters. The van der Waals surface area contributed by atoms with Gasteiger partial charge in [0.1, 0.15) is 0 Å². The van der Waals surface area contributed by atoms with E-state index >= 15 is 0 Å². The largest absolute Gasteiger partial charge is 0.354 e. The van der Waals surface area contributed by atoms with Crippen molar-refractivity contribution in [3.63, 3.8) is 0 Å². The highest BCUT2D eigenvalue weighted by molar-refractivity contribution is 5.76. The topological polar surface area (TPSA) is 41.1 Å². The Morgan fingerprint density at radius 3 is 2.67 bits per heavy atom. The summed E-state index contributed by atoms with van der Waals surface area (Å²) in [5.74, 6) is 0.110. The lowest BCUT2D eigenvalue weighted by atomic mass is 10.0. The fourth-order valence-electron chi connectivity index (χ4n) is 1.82. The van der Waals surface area contributed by atoms with E-state index in [9.17, 15) is 4.79 Å². The first-order valence-electron chi connectivity index (χ1n) is 6.56. The molecule has 1 aromatic rings. The molecule has 0 aliphatic heterocycles. The monoisotopic (exact) mass is 248 g/mol. The lowest BCUT2D eigenvalue weighted by Crippen LogP contribution is -2.32. The van der Waals surface area contributed by atoms with E-state index in [0.717, 1.165) is 6.54 Å². The van der Waals surface area contributed by atoms with Crippen LogP contribution in [0.3, 0.4) is 0 Å². The van der Waals surface area contributed by atoms with Crippen molar-refractivity contribution < 1.29 is 4.79 Å². The van der Waals surface area contributed by atoms with Gasteiger partial charge >= 0.3 is 0 Å². The Balaban J connectivity index is 2.30. The fourth-order valence-corrected chi connectivity index (χ4v) is 1.82. The van der Waals surface area contributed by atoms with Gasteiger partial charge in [-0.25, -0.2) is 0 Å². The molecule has 0 aromatic heterocycles. The molecule has 3 nitrogen and oxygen atoms in total. The molecule has 0 unspecified atom stereocenters. The summed E-state index contributed by atoms with van der Waals surface area (Å²) in [4.78, 5) is 11.4. The Labute approximate surface area is 110 Å². The number of nitrogens with one attached hydrogen (secondary N) is 2. The average Bonchev–Trinajstić information content (AvgIpc) is 2.29. The van der Waals surface area contributed by atoms with Crippen molar-refractivity contribution in [2.75, 3.05) is 6.54 Å². The van der Waals surface area contributed by atoms with Gasteiger partial charge in [0, 0.05) is 25.6 Å². The molecule has 0 aliphatic carbocycles. The van der Waals surface area contributed by atoms with E-state index < -0.39 is 0 Å². The number of amides is 1. The van der Waals surface area contributed by atoms with Crippen LogP contribution in [0.5, 0.6) is 0 Å². The minimum absolute atomic E-state index is 0.110. The second-order valence-corrected chi connectivity index (χ2v) is 5.01. The van der Waals surface area contributed by atoms with E-state index in [4.69, 9.17) is 0 Å². The molecule has 0 aliphatic rings. The van der Waals surface area contributed by atoms with Gasteiger partial charge in [0.05, 0.1) is 0 Å². The van der Waals surface area contributed by atoms with Crippen molar-refractivity contribution in [3.05, 3.63) is 34.9 Å². The van der Waals surface area contributed by atoms with Gasteiger partial charge in [0.25, 0.3) is 0 Å². The molecule has 0 spiro atoms. The van der Waals surface area contributed by atoms with Crippen molar-refractivity contribution in [1.82, 2.24) is 10.6 Å². The van der Waals surface area contributed by atoms with Crippen LogP contribution in [0.1, 0.15) is 37.0 Å². The minimum atomic E-state index is 0.110. The smallest absolute Gasteiger partial charge is 0.221 e. The van der Waals surface area contributed by atoms with Crippen LogP contribution in [0.2, 0.25) is 0 Å². The predicted molar refractivity (Wildman–Crippen MR) is 75.5 cm³/mol. The summed E-state index contributed by atoms with van der Waals surface area (Å²) >= 11 is 0. The highest BCUT2D eigenvalue weighted by atomic mass is 16.1. The van der Waals surface area contributed by atoms with Crippen LogP contribution in [0.4, 0.5) is 0 Å². The SMILES string of the molecule is Cc1cccc(CNCCC(=O)NC(C)C)c1C. The maximum atomic E-state index is 11.4. The van der Waals surface area contributed by atoms with Crippen LogP contribution in [0, 0.1) is 13.8 Å². The Kier molecular flexibility index (Phi) is 5.86. The number of carbonyl (C=O) groups excluding carboxylic acids is 1. The molecular formula is C15H24N2O. The number of benzene rings is 1. The molecule has 0 saturated heterocycles. The fraction of sp³-hybridized carbons (Fsp3) is 0.533. The van der Waals surface area contributed by atoms with Crippen LogP contribution >= 0.6 is 0 Å². The van der Waals surface area contributed by atoms with Crippen LogP contribution in [-0.4, -0.2) is 18.5 Å². The summed E-state index contributed by atoms with van der Waals surface area (Å²) in [5.41, 5.74) is 3.95. The zero-order chi connectivity index (χ0) is 13.5. The van der Waals surface area contributed by atoms with E-state index in [0.29, 0.717) is 13.0 Å². The first-order valence-corrected chi connectivity index (χ1v) is 6.56. The normalized spacial score (nSPS) is 10.7. The second kappa shape index (κ2) is 7.17. The summed E-state index contributed by atoms with van der Waals surface area (Å²) < 4.78 is 0. The molecule has 1 rings (SSSR count). The van der Waals surface area contributed by atoms with Crippen LogP contribution in [0.25, 0.3) is 0 Å². The van der Waals surface area contributed by atoms with Gasteiger partial charge in [-0.1, -0.05) is 18.2 Å². The molecule has 1 aromatic carbocycles. The minimum Gasteiger partial charge on any atom is -0.354 e. The van der Waals surface area contributed by atoms with Gasteiger partial charge < -0.3 is 10.6 Å². The first kappa shape index (κ1) is 14.7. The lowest BCUT2D eigenvalue weighted by molar-refractivity contribution is -0.121. The number of carbonyl (C=O) groups is 1. The van der Waals surface area contributed by atoms with E-state index in [1.165, 1.54) is 16.7 Å². The number of hydrogen-bond donors (Lipinski definition) is 2. The van der Waals surface area contributed by atoms with E-state index in [2.05, 4.69) is 42.7 Å². The Morgan fingerprint density at radius 1 is 1.28 bits per heavy atom. The third kappa shape index (κ3) is 4.88. The number of rotatable bonds is 6. The Bertz CT molecular complexity index is 399. The quantitative estimate of drug-likeness (QED) is 0.759. The van der Waals surface area contributed by atoms with E-state index in [1.807, 2.05) is 13.8 Å². The predicted octanol–water partition coefficient (Wildman–Crippen LogP) is 2.31. The lowest BCUT2D eigenvalue weighted by Gasteiger charge is -2.11. The zero-order valence-corrected chi connectivity index (χ0v) is 11.8. The number of aryl methyl sites for hydroxylation is 1. The summed E-state index contributed by atoms with van der Waals surface area (Å²) in [6, 6.07) is 6.54. The summed E-state index contributed by atoms with van der Waals surface area (Å²) in [5, 5.41) is 6.20. The molecule has 3 heteroatoms. The van der Waals surface area contributed by atoms with Crippen LogP contribution in [0.15, 0.2) is 18.2 Å². The van der Waals surface area contributed by atoms with E-state index in [-0.39, 0.29) is 11.9 Å². The highest BCUT2D eigenvalue weighted by Crippen LogP contribution is 2.11. The summed E-state index contributed by atoms with van der Waals surface area (Å²) in [6.07, 6.45) is 0.531. The molecule has 0 radical (unpaired) electrons. The van der Waals surface area contributed by atoms with Crippen molar-refractivity contribution in [1.29, 1.82) is 0 Å². The third-order valence-electron chi connectivity index (χ3n) is 3.01. The standard InChI is InChI=1S/C15H24N2O/c1-11(2)17-15(18)8-9-16-10-14-7-5-6-12(3)13(14)4/h5-7,11,16H,8-10H2,1-4H3,(H,17,18). The third-order valence-corrected chi connectivity index (χ3v) is 3.01. The second-order valence-electron chi connectivity index (χ2n) is 5.01. The molecule has 1 amide bonds. The molecular weight excluding hydrogens is 224 g/mol. The van der Waals surface area contributed by atoms with Gasteiger partial charge in [-0.2, -0.15) is 0 Å². The van der Waals surface area contributed by atoms with Gasteiger partial charge in [0.15, 0.2) is 0 Å². The van der Waals surface area contributed by atoms with Crippen molar-refractivity contribution in [2.24, 2.45) is 0 Å². The van der Waals surface area contributed by atoms with Gasteiger partial charge in [0.2, 0.25) is 5.91 Å². The Hall–Kier alpha value is -1.35. The van der Waals surface area contributed by atoms with Gasteiger partial charge in [-0.3, -0.25) is 4.79 Å². The maximum absolute atomic E-state index is 11.4. The van der Waals surface area contributed by atoms with Gasteiger partial charge in [-0.05, 0) is 44.4 Å². The molecule has 0 fully saturated rings. The average molecular weight is 248 g/mol. The van der Waals surface area contributed by atoms with Crippen molar-refractivity contribution in [2.45, 2.75) is 46.7 Å².